The molecule has 2 amide bonds. The first kappa shape index (κ1) is 18.4. The van der Waals surface area contributed by atoms with Gasteiger partial charge in [0.2, 0.25) is 22.1 Å². The third kappa shape index (κ3) is 5.93. The monoisotopic (exact) mass is 368 g/mol. The first-order valence-electron chi connectivity index (χ1n) is 7.85. The van der Waals surface area contributed by atoms with Crippen LogP contribution in [0.5, 0.6) is 0 Å². The van der Waals surface area contributed by atoms with Gasteiger partial charge < -0.3 is 10.6 Å². The number of aromatic nitrogens is 4. The Labute approximate surface area is 148 Å². The molecule has 0 aromatic carbocycles. The van der Waals surface area contributed by atoms with Crippen molar-refractivity contribution in [2.45, 2.75) is 52.4 Å². The highest BCUT2D eigenvalue weighted by Gasteiger charge is 2.09. The number of amides is 2. The number of nitrogens with one attached hydrogen (secondary N) is 2. The Morgan fingerprint density at radius 3 is 1.54 bits per heavy atom. The lowest BCUT2D eigenvalue weighted by Gasteiger charge is -2.02. The molecule has 2 aromatic heterocycles. The second kappa shape index (κ2) is 9.38. The number of aryl methyl sites for hydroxylation is 2. The predicted molar refractivity (Wildman–Crippen MR) is 94.3 cm³/mol. The molecule has 130 valence electrons. The van der Waals surface area contributed by atoms with Gasteiger partial charge in [-0.1, -0.05) is 36.5 Å². The van der Waals surface area contributed by atoms with Gasteiger partial charge in [0.25, 0.3) is 0 Å². The standard InChI is InChI=1S/C14H20N6O2S2/c1-3-11-17-19-13(23-11)15-9(21)7-5-6-8-10(22)16-14-20-18-12(4-2)24-14/h3-8H2,1-2H3,(H,15,19,21)(H,16,20,22). The van der Waals surface area contributed by atoms with Gasteiger partial charge in [-0.05, 0) is 25.7 Å². The minimum atomic E-state index is -0.106. The maximum atomic E-state index is 11.8. The number of hydrogen-bond acceptors (Lipinski definition) is 8. The summed E-state index contributed by atoms with van der Waals surface area (Å²) in [7, 11) is 0. The first-order chi connectivity index (χ1) is 11.6. The van der Waals surface area contributed by atoms with Gasteiger partial charge in [-0.3, -0.25) is 9.59 Å². The average Bonchev–Trinajstić information content (AvgIpc) is 3.20. The van der Waals surface area contributed by atoms with Crippen molar-refractivity contribution in [3.8, 4) is 0 Å². The molecular weight excluding hydrogens is 348 g/mol. The van der Waals surface area contributed by atoms with E-state index in [4.69, 9.17) is 0 Å². The van der Waals surface area contributed by atoms with E-state index < -0.39 is 0 Å². The predicted octanol–water partition coefficient (Wildman–Crippen LogP) is 2.65. The molecule has 2 rings (SSSR count). The summed E-state index contributed by atoms with van der Waals surface area (Å²) in [6.45, 7) is 3.98. The minimum Gasteiger partial charge on any atom is -0.301 e. The summed E-state index contributed by atoms with van der Waals surface area (Å²) >= 11 is 2.76. The van der Waals surface area contributed by atoms with E-state index in [1.54, 1.807) is 0 Å². The molecule has 0 saturated carbocycles. The van der Waals surface area contributed by atoms with Crippen molar-refractivity contribution in [3.05, 3.63) is 10.0 Å². The Balaban J connectivity index is 1.61. The zero-order chi connectivity index (χ0) is 17.4. The summed E-state index contributed by atoms with van der Waals surface area (Å²) in [6.07, 6.45) is 3.58. The van der Waals surface area contributed by atoms with Crippen LogP contribution in [0.25, 0.3) is 0 Å². The molecule has 2 N–H and O–H groups in total. The summed E-state index contributed by atoms with van der Waals surface area (Å²) in [5.74, 6) is -0.211. The Kier molecular flexibility index (Phi) is 7.19. The summed E-state index contributed by atoms with van der Waals surface area (Å²) in [4.78, 5) is 23.6. The highest BCUT2D eigenvalue weighted by molar-refractivity contribution is 7.15. The molecule has 0 fully saturated rings. The lowest BCUT2D eigenvalue weighted by Crippen LogP contribution is -2.13. The fraction of sp³-hybridized carbons (Fsp3) is 0.571. The van der Waals surface area contributed by atoms with E-state index in [-0.39, 0.29) is 11.8 Å². The largest absolute Gasteiger partial charge is 0.301 e. The third-order valence-electron chi connectivity index (χ3n) is 3.09. The molecule has 2 heterocycles. The number of nitrogens with zero attached hydrogens (tertiary/aromatic N) is 4. The normalized spacial score (nSPS) is 10.6. The summed E-state index contributed by atoms with van der Waals surface area (Å²) in [6, 6.07) is 0. The van der Waals surface area contributed by atoms with Crippen molar-refractivity contribution in [2.75, 3.05) is 10.6 Å². The Bertz CT molecular complexity index is 626. The van der Waals surface area contributed by atoms with Gasteiger partial charge >= 0.3 is 0 Å². The molecule has 0 saturated heterocycles. The van der Waals surface area contributed by atoms with E-state index in [1.165, 1.54) is 22.7 Å². The SMILES string of the molecule is CCc1nnc(NC(=O)CCCCC(=O)Nc2nnc(CC)s2)s1. The molecular formula is C14H20N6O2S2. The van der Waals surface area contributed by atoms with Gasteiger partial charge in [-0.25, -0.2) is 0 Å². The minimum absolute atomic E-state index is 0.106. The molecule has 2 aromatic rings. The molecule has 10 heteroatoms. The van der Waals surface area contributed by atoms with Crippen LogP contribution in [0, 0.1) is 0 Å². The third-order valence-corrected chi connectivity index (χ3v) is 5.05. The lowest BCUT2D eigenvalue weighted by atomic mass is 10.2. The van der Waals surface area contributed by atoms with E-state index in [2.05, 4.69) is 31.0 Å². The van der Waals surface area contributed by atoms with E-state index in [0.29, 0.717) is 35.9 Å². The smallest absolute Gasteiger partial charge is 0.226 e. The molecule has 0 unspecified atom stereocenters. The van der Waals surface area contributed by atoms with Crippen LogP contribution >= 0.6 is 22.7 Å². The van der Waals surface area contributed by atoms with Gasteiger partial charge in [0.05, 0.1) is 0 Å². The van der Waals surface area contributed by atoms with Crippen LogP contribution in [-0.2, 0) is 22.4 Å². The van der Waals surface area contributed by atoms with E-state index >= 15 is 0 Å². The number of carbonyl (C=O) groups excluding carboxylic acids is 2. The maximum absolute atomic E-state index is 11.8. The van der Waals surface area contributed by atoms with E-state index in [1.807, 2.05) is 13.8 Å². The van der Waals surface area contributed by atoms with Crippen LogP contribution in [0.2, 0.25) is 0 Å². The second-order valence-electron chi connectivity index (χ2n) is 5.01. The van der Waals surface area contributed by atoms with Gasteiger partial charge in [-0.15, -0.1) is 20.4 Å². The molecule has 0 aliphatic rings. The number of carbonyl (C=O) groups is 2. The number of rotatable bonds is 9. The summed E-state index contributed by atoms with van der Waals surface area (Å²) < 4.78 is 0. The fourth-order valence-electron chi connectivity index (χ4n) is 1.83. The molecule has 0 spiro atoms. The van der Waals surface area contributed by atoms with Gasteiger partial charge in [0.15, 0.2) is 0 Å². The van der Waals surface area contributed by atoms with Crippen LogP contribution in [0.4, 0.5) is 10.3 Å². The number of anilines is 2. The van der Waals surface area contributed by atoms with Crippen LogP contribution in [0.15, 0.2) is 0 Å². The van der Waals surface area contributed by atoms with Crippen molar-refractivity contribution < 1.29 is 9.59 Å². The zero-order valence-electron chi connectivity index (χ0n) is 13.7. The Morgan fingerprint density at radius 1 is 0.792 bits per heavy atom. The van der Waals surface area contributed by atoms with Crippen molar-refractivity contribution >= 4 is 44.8 Å². The van der Waals surface area contributed by atoms with E-state index in [0.717, 1.165) is 22.9 Å². The maximum Gasteiger partial charge on any atom is 0.226 e. The van der Waals surface area contributed by atoms with E-state index in [9.17, 15) is 9.59 Å². The molecule has 24 heavy (non-hydrogen) atoms. The summed E-state index contributed by atoms with van der Waals surface area (Å²) in [5, 5.41) is 24.0. The fourth-order valence-corrected chi connectivity index (χ4v) is 3.22. The van der Waals surface area contributed by atoms with Crippen molar-refractivity contribution in [1.29, 1.82) is 0 Å². The molecule has 0 atom stereocenters. The lowest BCUT2D eigenvalue weighted by molar-refractivity contribution is -0.118. The Morgan fingerprint density at radius 2 is 1.21 bits per heavy atom. The van der Waals surface area contributed by atoms with Crippen LogP contribution in [-0.4, -0.2) is 32.2 Å². The van der Waals surface area contributed by atoms with Crippen LogP contribution in [0.3, 0.4) is 0 Å². The molecule has 0 radical (unpaired) electrons. The van der Waals surface area contributed by atoms with Crippen molar-refractivity contribution in [2.24, 2.45) is 0 Å². The molecule has 0 aliphatic carbocycles. The number of hydrogen-bond donors (Lipinski definition) is 2. The van der Waals surface area contributed by atoms with Crippen molar-refractivity contribution in [1.82, 2.24) is 20.4 Å². The highest BCUT2D eigenvalue weighted by atomic mass is 32.1. The van der Waals surface area contributed by atoms with Gasteiger partial charge in [0.1, 0.15) is 10.0 Å². The quantitative estimate of drug-likeness (QED) is 0.659. The molecule has 0 bridgehead atoms. The summed E-state index contributed by atoms with van der Waals surface area (Å²) in [5.41, 5.74) is 0. The number of unbranched alkanes of at least 4 members (excludes halogenated alkanes) is 1. The first-order valence-corrected chi connectivity index (χ1v) is 9.48. The zero-order valence-corrected chi connectivity index (χ0v) is 15.3. The molecule has 0 aliphatic heterocycles. The highest BCUT2D eigenvalue weighted by Crippen LogP contribution is 2.17. The van der Waals surface area contributed by atoms with Crippen LogP contribution in [0.1, 0.15) is 49.5 Å². The topological polar surface area (TPSA) is 110 Å². The Hall–Kier alpha value is -1.94. The second-order valence-corrected chi connectivity index (χ2v) is 7.14. The van der Waals surface area contributed by atoms with Crippen LogP contribution < -0.4 is 10.6 Å². The van der Waals surface area contributed by atoms with Gasteiger partial charge in [-0.2, -0.15) is 0 Å². The van der Waals surface area contributed by atoms with Crippen molar-refractivity contribution in [3.63, 3.8) is 0 Å². The molecule has 8 nitrogen and oxygen atoms in total. The average molecular weight is 368 g/mol. The van der Waals surface area contributed by atoms with Gasteiger partial charge in [0, 0.05) is 12.8 Å².